The van der Waals surface area contributed by atoms with Crippen LogP contribution >= 0.6 is 0 Å². The average molecular weight is 206 g/mol. The van der Waals surface area contributed by atoms with Gasteiger partial charge in [0.15, 0.2) is 5.76 Å². The van der Waals surface area contributed by atoms with Crippen LogP contribution in [-0.4, -0.2) is 17.1 Å². The number of rotatable bonds is 3. The fourth-order valence-electron chi connectivity index (χ4n) is 1.87. The number of hydrogen-bond donors (Lipinski definition) is 1. The first-order chi connectivity index (χ1) is 7.34. The molecule has 2 fully saturated rings. The van der Waals surface area contributed by atoms with E-state index in [0.29, 0.717) is 17.5 Å². The Morgan fingerprint density at radius 1 is 1.40 bits per heavy atom. The van der Waals surface area contributed by atoms with Crippen molar-refractivity contribution in [2.45, 2.75) is 44.1 Å². The van der Waals surface area contributed by atoms with Crippen LogP contribution in [0.4, 0.5) is 0 Å². The van der Waals surface area contributed by atoms with Crippen molar-refractivity contribution in [3.05, 3.63) is 17.5 Å². The molecular formula is C11H14N2O2. The van der Waals surface area contributed by atoms with Gasteiger partial charge in [-0.15, -0.1) is 0 Å². The quantitative estimate of drug-likeness (QED) is 0.820. The maximum Gasteiger partial charge on any atom is 0.256 e. The highest BCUT2D eigenvalue weighted by Crippen LogP contribution is 2.41. The highest BCUT2D eigenvalue weighted by atomic mass is 16.5. The van der Waals surface area contributed by atoms with Gasteiger partial charge >= 0.3 is 0 Å². The number of amides is 1. The van der Waals surface area contributed by atoms with Crippen LogP contribution in [-0.2, 0) is 0 Å². The van der Waals surface area contributed by atoms with Gasteiger partial charge in [-0.3, -0.25) is 4.79 Å². The lowest BCUT2D eigenvalue weighted by Gasteiger charge is -2.26. The van der Waals surface area contributed by atoms with Crippen LogP contribution in [0.1, 0.15) is 54.1 Å². The summed E-state index contributed by atoms with van der Waals surface area (Å²) in [5.74, 6) is 1.21. The third kappa shape index (κ3) is 1.64. The number of carbonyl (C=O) groups is 1. The van der Waals surface area contributed by atoms with Crippen LogP contribution in [0, 0.1) is 0 Å². The van der Waals surface area contributed by atoms with Crippen molar-refractivity contribution >= 4 is 5.91 Å². The van der Waals surface area contributed by atoms with Crippen LogP contribution in [0.2, 0.25) is 0 Å². The summed E-state index contributed by atoms with van der Waals surface area (Å²) in [6.45, 7) is 0. The van der Waals surface area contributed by atoms with Crippen LogP contribution in [0.25, 0.3) is 0 Å². The highest BCUT2D eigenvalue weighted by molar-refractivity contribution is 5.95. The molecule has 0 aromatic carbocycles. The maximum atomic E-state index is 11.9. The molecule has 0 aliphatic heterocycles. The molecule has 80 valence electrons. The van der Waals surface area contributed by atoms with E-state index in [2.05, 4.69) is 10.5 Å². The Kier molecular flexibility index (Phi) is 2.01. The SMILES string of the molecule is O=C(NC1CCC1)c1cnoc1C1CC1. The molecule has 0 atom stereocenters. The second-order valence-corrected chi connectivity index (χ2v) is 4.48. The minimum Gasteiger partial charge on any atom is -0.360 e. The average Bonchev–Trinajstić information content (AvgIpc) is 2.90. The maximum absolute atomic E-state index is 11.9. The molecule has 1 aromatic rings. The Morgan fingerprint density at radius 2 is 2.20 bits per heavy atom. The predicted molar refractivity (Wildman–Crippen MR) is 53.6 cm³/mol. The lowest BCUT2D eigenvalue weighted by Crippen LogP contribution is -2.39. The molecule has 0 unspecified atom stereocenters. The molecule has 15 heavy (non-hydrogen) atoms. The number of aromatic nitrogens is 1. The number of hydrogen-bond acceptors (Lipinski definition) is 3. The highest BCUT2D eigenvalue weighted by Gasteiger charge is 2.33. The van der Waals surface area contributed by atoms with Gasteiger partial charge in [-0.05, 0) is 32.1 Å². The smallest absolute Gasteiger partial charge is 0.256 e. The molecule has 0 radical (unpaired) electrons. The monoisotopic (exact) mass is 206 g/mol. The van der Waals surface area contributed by atoms with E-state index in [9.17, 15) is 4.79 Å². The molecule has 0 saturated heterocycles. The van der Waals surface area contributed by atoms with Gasteiger partial charge in [-0.2, -0.15) is 0 Å². The van der Waals surface area contributed by atoms with Crippen molar-refractivity contribution in [2.75, 3.05) is 0 Å². The molecule has 2 saturated carbocycles. The summed E-state index contributed by atoms with van der Waals surface area (Å²) in [7, 11) is 0. The Labute approximate surface area is 88.0 Å². The zero-order chi connectivity index (χ0) is 10.3. The second kappa shape index (κ2) is 3.36. The molecule has 4 nitrogen and oxygen atoms in total. The summed E-state index contributed by atoms with van der Waals surface area (Å²) >= 11 is 0. The van der Waals surface area contributed by atoms with E-state index in [1.807, 2.05) is 0 Å². The first-order valence-electron chi connectivity index (χ1n) is 5.60. The molecule has 0 bridgehead atoms. The van der Waals surface area contributed by atoms with Crippen LogP contribution in [0.15, 0.2) is 10.7 Å². The molecular weight excluding hydrogens is 192 g/mol. The van der Waals surface area contributed by atoms with E-state index >= 15 is 0 Å². The fourth-order valence-corrected chi connectivity index (χ4v) is 1.87. The minimum absolute atomic E-state index is 0.0112. The third-order valence-corrected chi connectivity index (χ3v) is 3.23. The van der Waals surface area contributed by atoms with Gasteiger partial charge in [0, 0.05) is 12.0 Å². The minimum atomic E-state index is -0.0112. The van der Waals surface area contributed by atoms with E-state index in [-0.39, 0.29) is 5.91 Å². The predicted octanol–water partition coefficient (Wildman–Crippen LogP) is 1.83. The van der Waals surface area contributed by atoms with Crippen LogP contribution in [0.3, 0.4) is 0 Å². The van der Waals surface area contributed by atoms with Gasteiger partial charge in [0.1, 0.15) is 5.56 Å². The molecule has 1 aromatic heterocycles. The van der Waals surface area contributed by atoms with Gasteiger partial charge in [0.25, 0.3) is 5.91 Å². The molecule has 2 aliphatic carbocycles. The lowest BCUT2D eigenvalue weighted by atomic mass is 9.93. The van der Waals surface area contributed by atoms with Crippen molar-refractivity contribution in [2.24, 2.45) is 0 Å². The Bertz CT molecular complexity index is 378. The Hall–Kier alpha value is -1.32. The lowest BCUT2D eigenvalue weighted by molar-refractivity contribution is 0.0915. The molecule has 1 N–H and O–H groups in total. The van der Waals surface area contributed by atoms with Gasteiger partial charge in [-0.25, -0.2) is 0 Å². The molecule has 2 aliphatic rings. The van der Waals surface area contributed by atoms with Crippen molar-refractivity contribution in [1.29, 1.82) is 0 Å². The first-order valence-corrected chi connectivity index (χ1v) is 5.60. The normalized spacial score (nSPS) is 21.1. The first kappa shape index (κ1) is 8.95. The molecule has 3 rings (SSSR count). The van der Waals surface area contributed by atoms with Gasteiger partial charge in [0.05, 0.1) is 6.20 Å². The van der Waals surface area contributed by atoms with E-state index in [0.717, 1.165) is 31.4 Å². The van der Waals surface area contributed by atoms with E-state index < -0.39 is 0 Å². The van der Waals surface area contributed by atoms with Crippen molar-refractivity contribution in [1.82, 2.24) is 10.5 Å². The summed E-state index contributed by atoms with van der Waals surface area (Å²) < 4.78 is 5.13. The molecule has 4 heteroatoms. The van der Waals surface area contributed by atoms with Gasteiger partial charge in [-0.1, -0.05) is 5.16 Å². The van der Waals surface area contributed by atoms with Crippen molar-refractivity contribution < 1.29 is 9.32 Å². The van der Waals surface area contributed by atoms with Crippen molar-refractivity contribution in [3.63, 3.8) is 0 Å². The second-order valence-electron chi connectivity index (χ2n) is 4.48. The topological polar surface area (TPSA) is 55.1 Å². The zero-order valence-corrected chi connectivity index (χ0v) is 8.53. The summed E-state index contributed by atoms with van der Waals surface area (Å²) in [6, 6.07) is 0.374. The molecule has 1 amide bonds. The van der Waals surface area contributed by atoms with Crippen LogP contribution < -0.4 is 5.32 Å². The number of nitrogens with zero attached hydrogens (tertiary/aromatic N) is 1. The molecule has 0 spiro atoms. The third-order valence-electron chi connectivity index (χ3n) is 3.23. The van der Waals surface area contributed by atoms with E-state index in [4.69, 9.17) is 4.52 Å². The summed E-state index contributed by atoms with van der Waals surface area (Å²) in [6.07, 6.45) is 7.23. The zero-order valence-electron chi connectivity index (χ0n) is 8.53. The molecule has 1 heterocycles. The summed E-state index contributed by atoms with van der Waals surface area (Å²) in [5.41, 5.74) is 0.643. The van der Waals surface area contributed by atoms with Crippen molar-refractivity contribution in [3.8, 4) is 0 Å². The number of carbonyl (C=O) groups excluding carboxylic acids is 1. The fraction of sp³-hybridized carbons (Fsp3) is 0.636. The van der Waals surface area contributed by atoms with Crippen LogP contribution in [0.5, 0.6) is 0 Å². The largest absolute Gasteiger partial charge is 0.360 e. The number of nitrogens with one attached hydrogen (secondary N) is 1. The summed E-state index contributed by atoms with van der Waals surface area (Å²) in [5, 5.41) is 6.72. The summed E-state index contributed by atoms with van der Waals surface area (Å²) in [4.78, 5) is 11.9. The van der Waals surface area contributed by atoms with E-state index in [1.54, 1.807) is 6.20 Å². The Morgan fingerprint density at radius 3 is 2.80 bits per heavy atom. The van der Waals surface area contributed by atoms with E-state index in [1.165, 1.54) is 6.42 Å². The Balaban J connectivity index is 1.72. The van der Waals surface area contributed by atoms with Gasteiger partial charge in [0.2, 0.25) is 0 Å². The van der Waals surface area contributed by atoms with Gasteiger partial charge < -0.3 is 9.84 Å². The standard InChI is InChI=1S/C11H14N2O2/c14-11(13-8-2-1-3-8)9-6-12-15-10(9)7-4-5-7/h6-8H,1-5H2,(H,13,14).